The Morgan fingerprint density at radius 3 is 3.15 bits per heavy atom. The monoisotopic (exact) mass is 259 g/mol. The van der Waals surface area contributed by atoms with Crippen molar-refractivity contribution in [2.75, 3.05) is 5.32 Å². The third-order valence-corrected chi connectivity index (χ3v) is 2.97. The predicted molar refractivity (Wildman–Crippen MR) is 53.5 cm³/mol. The van der Waals surface area contributed by atoms with Crippen molar-refractivity contribution in [3.8, 4) is 0 Å². The number of thiophene rings is 1. The van der Waals surface area contributed by atoms with Crippen LogP contribution >= 0.6 is 27.3 Å². The number of hydrogen-bond acceptors (Lipinski definition) is 5. The van der Waals surface area contributed by atoms with E-state index in [-0.39, 0.29) is 0 Å². The minimum Gasteiger partial charge on any atom is -0.347 e. The van der Waals surface area contributed by atoms with Gasteiger partial charge in [0.2, 0.25) is 0 Å². The molecule has 0 aliphatic carbocycles. The molecule has 0 aliphatic heterocycles. The van der Waals surface area contributed by atoms with Gasteiger partial charge in [0.05, 0.1) is 3.79 Å². The van der Waals surface area contributed by atoms with Crippen LogP contribution in [0.4, 0.5) is 5.95 Å². The summed E-state index contributed by atoms with van der Waals surface area (Å²) in [4.78, 5) is 0. The summed E-state index contributed by atoms with van der Waals surface area (Å²) in [6.07, 6.45) is 0. The van der Waals surface area contributed by atoms with E-state index in [1.807, 2.05) is 0 Å². The minimum absolute atomic E-state index is 0.516. The third-order valence-electron chi connectivity index (χ3n) is 1.42. The molecule has 2 N–H and O–H groups in total. The number of nitrogens with zero attached hydrogens (tertiary/aromatic N) is 3. The number of anilines is 1. The van der Waals surface area contributed by atoms with E-state index in [4.69, 9.17) is 0 Å². The highest BCUT2D eigenvalue weighted by molar-refractivity contribution is 9.11. The third kappa shape index (κ3) is 2.25. The van der Waals surface area contributed by atoms with Crippen LogP contribution in [0.1, 0.15) is 5.56 Å². The summed E-state index contributed by atoms with van der Waals surface area (Å²) in [5, 5.41) is 18.4. The number of rotatable bonds is 3. The average molecular weight is 260 g/mol. The smallest absolute Gasteiger partial charge is 0.263 e. The molecule has 0 atom stereocenters. The second-order valence-corrected chi connectivity index (χ2v) is 4.64. The fourth-order valence-corrected chi connectivity index (χ4v) is 2.07. The molecule has 0 aliphatic rings. The molecule has 0 fully saturated rings. The van der Waals surface area contributed by atoms with Crippen molar-refractivity contribution >= 4 is 33.2 Å². The van der Waals surface area contributed by atoms with Gasteiger partial charge in [-0.15, -0.1) is 16.4 Å². The first-order valence-corrected chi connectivity index (χ1v) is 5.22. The first-order valence-electron chi connectivity index (χ1n) is 3.55. The van der Waals surface area contributed by atoms with Crippen molar-refractivity contribution < 1.29 is 0 Å². The van der Waals surface area contributed by atoms with Crippen molar-refractivity contribution in [1.82, 2.24) is 20.6 Å². The maximum absolute atomic E-state index is 3.77. The molecule has 2 aromatic heterocycles. The Morgan fingerprint density at radius 1 is 1.62 bits per heavy atom. The fourth-order valence-electron chi connectivity index (χ4n) is 0.856. The Labute approximate surface area is 86.7 Å². The molecule has 0 spiro atoms. The van der Waals surface area contributed by atoms with Gasteiger partial charge in [-0.25, -0.2) is 0 Å². The second kappa shape index (κ2) is 3.84. The summed E-state index contributed by atoms with van der Waals surface area (Å²) in [6.45, 7) is 0.710. The van der Waals surface area contributed by atoms with Crippen LogP contribution < -0.4 is 5.32 Å². The summed E-state index contributed by atoms with van der Waals surface area (Å²) >= 11 is 5.05. The van der Waals surface area contributed by atoms with Gasteiger partial charge in [-0.3, -0.25) is 0 Å². The average Bonchev–Trinajstić information content (AvgIpc) is 2.71. The summed E-state index contributed by atoms with van der Waals surface area (Å²) in [5.41, 5.74) is 1.20. The van der Waals surface area contributed by atoms with Crippen LogP contribution in [0.25, 0.3) is 0 Å². The molecule has 2 heterocycles. The number of hydrogen-bond donors (Lipinski definition) is 2. The highest BCUT2D eigenvalue weighted by Gasteiger charge is 1.99. The minimum atomic E-state index is 0.516. The lowest BCUT2D eigenvalue weighted by molar-refractivity contribution is 0.881. The van der Waals surface area contributed by atoms with Crippen LogP contribution in [0.2, 0.25) is 0 Å². The number of tetrazole rings is 1. The summed E-state index contributed by atoms with van der Waals surface area (Å²) in [7, 11) is 0. The van der Waals surface area contributed by atoms with E-state index in [0.717, 1.165) is 3.79 Å². The van der Waals surface area contributed by atoms with Crippen molar-refractivity contribution in [2.45, 2.75) is 6.54 Å². The Bertz CT molecular complexity index is 370. The van der Waals surface area contributed by atoms with E-state index < -0.39 is 0 Å². The summed E-state index contributed by atoms with van der Waals surface area (Å²) < 4.78 is 1.12. The Morgan fingerprint density at radius 2 is 2.54 bits per heavy atom. The number of halogens is 1. The Hall–Kier alpha value is -0.950. The standard InChI is InChI=1S/C6H6BrN5S/c7-5-1-4(3-13-5)2-8-6-9-11-12-10-6/h1,3H,2H2,(H2,8,9,10,11,12). The molecule has 0 saturated heterocycles. The maximum atomic E-state index is 3.77. The summed E-state index contributed by atoms with van der Waals surface area (Å²) in [6, 6.07) is 2.05. The van der Waals surface area contributed by atoms with Gasteiger partial charge in [0.25, 0.3) is 5.95 Å². The summed E-state index contributed by atoms with van der Waals surface area (Å²) in [5.74, 6) is 0.516. The van der Waals surface area contributed by atoms with Gasteiger partial charge in [-0.1, -0.05) is 5.10 Å². The van der Waals surface area contributed by atoms with Crippen LogP contribution in [-0.2, 0) is 6.54 Å². The topological polar surface area (TPSA) is 66.5 Å². The fraction of sp³-hybridized carbons (Fsp3) is 0.167. The number of aromatic amines is 1. The molecule has 0 bridgehead atoms. The lowest BCUT2D eigenvalue weighted by Crippen LogP contribution is -1.99. The molecule has 7 heteroatoms. The molecule has 68 valence electrons. The first-order chi connectivity index (χ1) is 6.34. The van der Waals surface area contributed by atoms with Gasteiger partial charge < -0.3 is 5.32 Å². The van der Waals surface area contributed by atoms with Gasteiger partial charge in [-0.2, -0.15) is 5.21 Å². The predicted octanol–water partition coefficient (Wildman–Crippen LogP) is 1.64. The van der Waals surface area contributed by atoms with Crippen molar-refractivity contribution in [1.29, 1.82) is 0 Å². The van der Waals surface area contributed by atoms with Gasteiger partial charge in [0, 0.05) is 6.54 Å². The van der Waals surface area contributed by atoms with Crippen molar-refractivity contribution in [3.63, 3.8) is 0 Å². The van der Waals surface area contributed by atoms with Crippen LogP contribution in [0.3, 0.4) is 0 Å². The van der Waals surface area contributed by atoms with Crippen LogP contribution in [0.5, 0.6) is 0 Å². The van der Waals surface area contributed by atoms with Crippen molar-refractivity contribution in [2.24, 2.45) is 0 Å². The molecule has 2 rings (SSSR count). The largest absolute Gasteiger partial charge is 0.347 e. The molecule has 2 aromatic rings. The normalized spacial score (nSPS) is 10.2. The molecule has 0 radical (unpaired) electrons. The van der Waals surface area contributed by atoms with E-state index in [1.165, 1.54) is 5.56 Å². The zero-order valence-electron chi connectivity index (χ0n) is 6.49. The molecule has 5 nitrogen and oxygen atoms in total. The number of nitrogens with one attached hydrogen (secondary N) is 2. The molecule has 0 aromatic carbocycles. The highest BCUT2D eigenvalue weighted by Crippen LogP contribution is 2.20. The van der Waals surface area contributed by atoms with Gasteiger partial charge >= 0.3 is 0 Å². The van der Waals surface area contributed by atoms with Gasteiger partial charge in [0.1, 0.15) is 0 Å². The molecule has 13 heavy (non-hydrogen) atoms. The number of aromatic nitrogens is 4. The first kappa shape index (κ1) is 8.64. The molecular formula is C6H6BrN5S. The lowest BCUT2D eigenvalue weighted by Gasteiger charge is -1.96. The Balaban J connectivity index is 1.93. The van der Waals surface area contributed by atoms with E-state index in [0.29, 0.717) is 12.5 Å². The second-order valence-electron chi connectivity index (χ2n) is 2.35. The Kier molecular flexibility index (Phi) is 2.55. The van der Waals surface area contributed by atoms with Gasteiger partial charge in [-0.05, 0) is 38.2 Å². The van der Waals surface area contributed by atoms with E-state index in [2.05, 4.69) is 53.3 Å². The SMILES string of the molecule is Brc1cc(CNc2nn[nH]n2)cs1. The zero-order valence-corrected chi connectivity index (χ0v) is 8.89. The van der Waals surface area contributed by atoms with E-state index >= 15 is 0 Å². The van der Waals surface area contributed by atoms with E-state index in [1.54, 1.807) is 11.3 Å². The maximum Gasteiger partial charge on any atom is 0.263 e. The molecule has 0 saturated carbocycles. The van der Waals surface area contributed by atoms with E-state index in [9.17, 15) is 0 Å². The van der Waals surface area contributed by atoms with Crippen molar-refractivity contribution in [3.05, 3.63) is 20.8 Å². The van der Waals surface area contributed by atoms with Gasteiger partial charge in [0.15, 0.2) is 0 Å². The zero-order chi connectivity index (χ0) is 9.10. The molecular weight excluding hydrogens is 254 g/mol. The van der Waals surface area contributed by atoms with Crippen LogP contribution in [0, 0.1) is 0 Å². The molecule has 0 amide bonds. The van der Waals surface area contributed by atoms with Crippen LogP contribution in [0.15, 0.2) is 15.2 Å². The quantitative estimate of drug-likeness (QED) is 0.880. The lowest BCUT2D eigenvalue weighted by atomic mass is 10.3. The van der Waals surface area contributed by atoms with Crippen LogP contribution in [-0.4, -0.2) is 20.6 Å². The highest BCUT2D eigenvalue weighted by atomic mass is 79.9. The molecule has 0 unspecified atom stereocenters. The number of H-pyrrole nitrogens is 1.